The van der Waals surface area contributed by atoms with Crippen LogP contribution in [0.4, 0.5) is 5.69 Å². The third-order valence-electron chi connectivity index (χ3n) is 5.44. The standard InChI is InChI=1S/C20H27N3O5S/c24-18(25)11-23-16-3-1-2-4-17(16)29-12-15(19(23)26)22-14(20(27)28)6-5-13-7-9-21-10-8-13/h1-4,13-15,21-22H,5-12H2,(H,24,25)(H,27,28)/t14-,15?/m1/s1. The van der Waals surface area contributed by atoms with Crippen molar-refractivity contribution >= 4 is 35.3 Å². The fourth-order valence-corrected chi connectivity index (χ4v) is 4.95. The molecule has 1 saturated heterocycles. The second-order valence-corrected chi connectivity index (χ2v) is 8.54. The van der Waals surface area contributed by atoms with E-state index >= 15 is 0 Å². The molecule has 29 heavy (non-hydrogen) atoms. The van der Waals surface area contributed by atoms with Gasteiger partial charge in [0.1, 0.15) is 12.6 Å². The van der Waals surface area contributed by atoms with Crippen LogP contribution in [0.15, 0.2) is 29.2 Å². The number of benzene rings is 1. The number of nitrogens with one attached hydrogen (secondary N) is 2. The normalized spacial score (nSPS) is 21.3. The van der Waals surface area contributed by atoms with E-state index in [9.17, 15) is 24.6 Å². The number of amides is 1. The molecule has 1 aromatic carbocycles. The first-order valence-corrected chi connectivity index (χ1v) is 10.9. The minimum Gasteiger partial charge on any atom is -0.480 e. The highest BCUT2D eigenvalue weighted by molar-refractivity contribution is 7.99. The molecule has 4 N–H and O–H groups in total. The van der Waals surface area contributed by atoms with Crippen molar-refractivity contribution in [2.45, 2.75) is 42.7 Å². The Hall–Kier alpha value is -2.10. The average molecular weight is 422 g/mol. The van der Waals surface area contributed by atoms with E-state index < -0.39 is 36.5 Å². The number of hydrogen-bond donors (Lipinski definition) is 4. The molecular formula is C20H27N3O5S. The van der Waals surface area contributed by atoms with Crippen molar-refractivity contribution in [3.05, 3.63) is 24.3 Å². The molecule has 2 aliphatic heterocycles. The first kappa shape index (κ1) is 21.6. The van der Waals surface area contributed by atoms with Crippen molar-refractivity contribution in [3.8, 4) is 0 Å². The molecule has 0 spiro atoms. The third-order valence-corrected chi connectivity index (χ3v) is 6.60. The van der Waals surface area contributed by atoms with Gasteiger partial charge < -0.3 is 15.5 Å². The summed E-state index contributed by atoms with van der Waals surface area (Å²) in [6.45, 7) is 1.45. The molecule has 0 bridgehead atoms. The predicted molar refractivity (Wildman–Crippen MR) is 110 cm³/mol. The number of carbonyl (C=O) groups excluding carboxylic acids is 1. The Bertz CT molecular complexity index is 753. The topological polar surface area (TPSA) is 119 Å². The Labute approximate surface area is 174 Å². The molecule has 1 fully saturated rings. The number of hydrogen-bond acceptors (Lipinski definition) is 6. The SMILES string of the molecule is O=C(O)CN1C(=O)C(N[C@H](CCC2CCNCC2)C(=O)O)CSc2ccccc21. The molecule has 1 unspecified atom stereocenters. The zero-order chi connectivity index (χ0) is 20.8. The number of rotatable bonds is 8. The van der Waals surface area contributed by atoms with Crippen molar-refractivity contribution < 1.29 is 24.6 Å². The molecule has 8 nitrogen and oxygen atoms in total. The fraction of sp³-hybridized carbons (Fsp3) is 0.550. The number of piperidine rings is 1. The van der Waals surface area contributed by atoms with E-state index in [-0.39, 0.29) is 0 Å². The Morgan fingerprint density at radius 1 is 1.24 bits per heavy atom. The average Bonchev–Trinajstić information content (AvgIpc) is 2.83. The fourth-order valence-electron chi connectivity index (χ4n) is 3.86. The van der Waals surface area contributed by atoms with Crippen LogP contribution in [0.25, 0.3) is 0 Å². The van der Waals surface area contributed by atoms with E-state index in [4.69, 9.17) is 0 Å². The molecule has 3 rings (SSSR count). The molecule has 1 amide bonds. The lowest BCUT2D eigenvalue weighted by atomic mass is 9.91. The van der Waals surface area contributed by atoms with Gasteiger partial charge in [-0.05, 0) is 56.8 Å². The highest BCUT2D eigenvalue weighted by Crippen LogP contribution is 2.34. The molecular weight excluding hydrogens is 394 g/mol. The second kappa shape index (κ2) is 10.1. The maximum Gasteiger partial charge on any atom is 0.323 e. The van der Waals surface area contributed by atoms with Crippen LogP contribution in [0.5, 0.6) is 0 Å². The lowest BCUT2D eigenvalue weighted by Crippen LogP contribution is -2.53. The summed E-state index contributed by atoms with van der Waals surface area (Å²) < 4.78 is 0. The number of carboxylic acids is 2. The van der Waals surface area contributed by atoms with Crippen LogP contribution in [0.2, 0.25) is 0 Å². The minimum absolute atomic E-state index is 0.350. The van der Waals surface area contributed by atoms with Crippen LogP contribution in [0.1, 0.15) is 25.7 Å². The van der Waals surface area contributed by atoms with Crippen LogP contribution >= 0.6 is 11.8 Å². The number of para-hydroxylation sites is 1. The Balaban J connectivity index is 1.71. The summed E-state index contributed by atoms with van der Waals surface area (Å²) in [6.07, 6.45) is 3.30. The second-order valence-electron chi connectivity index (χ2n) is 7.48. The minimum atomic E-state index is -1.11. The van der Waals surface area contributed by atoms with Crippen LogP contribution in [0, 0.1) is 5.92 Å². The van der Waals surface area contributed by atoms with Crippen molar-refractivity contribution in [2.75, 3.05) is 30.3 Å². The van der Waals surface area contributed by atoms with E-state index in [2.05, 4.69) is 10.6 Å². The zero-order valence-electron chi connectivity index (χ0n) is 16.2. The first-order chi connectivity index (χ1) is 14.0. The summed E-state index contributed by atoms with van der Waals surface area (Å²) >= 11 is 1.43. The number of nitrogens with zero attached hydrogens (tertiary/aromatic N) is 1. The number of thioether (sulfide) groups is 1. The Morgan fingerprint density at radius 3 is 2.66 bits per heavy atom. The van der Waals surface area contributed by atoms with Crippen molar-refractivity contribution in [1.29, 1.82) is 0 Å². The molecule has 1 aromatic rings. The van der Waals surface area contributed by atoms with Crippen LogP contribution in [-0.2, 0) is 14.4 Å². The summed E-state index contributed by atoms with van der Waals surface area (Å²) in [5.41, 5.74) is 0.552. The lowest BCUT2D eigenvalue weighted by Gasteiger charge is -2.27. The Kier molecular flexibility index (Phi) is 7.51. The quantitative estimate of drug-likeness (QED) is 0.497. The van der Waals surface area contributed by atoms with Gasteiger partial charge in [-0.2, -0.15) is 0 Å². The monoisotopic (exact) mass is 421 g/mol. The van der Waals surface area contributed by atoms with Gasteiger partial charge in [0.15, 0.2) is 0 Å². The van der Waals surface area contributed by atoms with E-state index in [1.165, 1.54) is 16.7 Å². The molecule has 0 aromatic heterocycles. The lowest BCUT2D eigenvalue weighted by molar-refractivity contribution is -0.140. The van der Waals surface area contributed by atoms with Gasteiger partial charge in [-0.1, -0.05) is 12.1 Å². The third kappa shape index (κ3) is 5.71. The molecule has 0 aliphatic carbocycles. The highest BCUT2D eigenvalue weighted by atomic mass is 32.2. The van der Waals surface area contributed by atoms with E-state index in [1.54, 1.807) is 12.1 Å². The van der Waals surface area contributed by atoms with Crippen molar-refractivity contribution in [2.24, 2.45) is 5.92 Å². The van der Waals surface area contributed by atoms with Gasteiger partial charge in [0.05, 0.1) is 11.7 Å². The smallest absolute Gasteiger partial charge is 0.323 e. The summed E-state index contributed by atoms with van der Waals surface area (Å²) in [7, 11) is 0. The summed E-state index contributed by atoms with van der Waals surface area (Å²) in [4.78, 5) is 38.3. The summed E-state index contributed by atoms with van der Waals surface area (Å²) in [6, 6.07) is 5.55. The van der Waals surface area contributed by atoms with Gasteiger partial charge >= 0.3 is 11.9 Å². The Morgan fingerprint density at radius 2 is 1.97 bits per heavy atom. The van der Waals surface area contributed by atoms with E-state index in [1.807, 2.05) is 12.1 Å². The number of aliphatic carboxylic acids is 2. The molecule has 2 atom stereocenters. The molecule has 2 aliphatic rings. The first-order valence-electron chi connectivity index (χ1n) is 9.90. The van der Waals surface area contributed by atoms with Crippen molar-refractivity contribution in [3.63, 3.8) is 0 Å². The maximum absolute atomic E-state index is 13.1. The number of anilines is 1. The zero-order valence-corrected chi connectivity index (χ0v) is 17.0. The van der Waals surface area contributed by atoms with Gasteiger partial charge in [0, 0.05) is 10.6 Å². The van der Waals surface area contributed by atoms with Crippen LogP contribution < -0.4 is 15.5 Å². The molecule has 158 valence electrons. The van der Waals surface area contributed by atoms with E-state index in [0.29, 0.717) is 23.8 Å². The van der Waals surface area contributed by atoms with E-state index in [0.717, 1.165) is 37.2 Å². The maximum atomic E-state index is 13.1. The van der Waals surface area contributed by atoms with Crippen LogP contribution in [-0.4, -0.2) is 65.5 Å². The van der Waals surface area contributed by atoms with Gasteiger partial charge in [-0.25, -0.2) is 0 Å². The van der Waals surface area contributed by atoms with Crippen LogP contribution in [0.3, 0.4) is 0 Å². The molecule has 2 heterocycles. The molecule has 0 radical (unpaired) electrons. The van der Waals surface area contributed by atoms with Gasteiger partial charge in [-0.15, -0.1) is 11.8 Å². The molecule has 9 heteroatoms. The van der Waals surface area contributed by atoms with Gasteiger partial charge in [0.25, 0.3) is 0 Å². The van der Waals surface area contributed by atoms with Gasteiger partial charge in [-0.3, -0.25) is 24.6 Å². The van der Waals surface area contributed by atoms with Crippen molar-refractivity contribution in [1.82, 2.24) is 10.6 Å². The number of fused-ring (bicyclic) bond motifs is 1. The van der Waals surface area contributed by atoms with Gasteiger partial charge in [0.2, 0.25) is 5.91 Å². The predicted octanol–water partition coefficient (Wildman–Crippen LogP) is 1.40. The largest absolute Gasteiger partial charge is 0.480 e. The summed E-state index contributed by atoms with van der Waals surface area (Å²) in [5, 5.41) is 25.2. The number of carbonyl (C=O) groups is 3. The number of carboxylic acid groups (broad SMARTS) is 2. The molecule has 0 saturated carbocycles. The highest BCUT2D eigenvalue weighted by Gasteiger charge is 2.34. The summed E-state index contributed by atoms with van der Waals surface area (Å²) in [5.74, 6) is -1.66.